The molecule has 1 aromatic heterocycles. The molecule has 3 nitrogen and oxygen atoms in total. The highest BCUT2D eigenvalue weighted by Gasteiger charge is 2.35. The van der Waals surface area contributed by atoms with Crippen LogP contribution in [0.2, 0.25) is 0 Å². The van der Waals surface area contributed by atoms with Gasteiger partial charge in [-0.25, -0.2) is 4.98 Å². The quantitative estimate of drug-likeness (QED) is 0.880. The van der Waals surface area contributed by atoms with Crippen molar-refractivity contribution in [1.29, 1.82) is 0 Å². The van der Waals surface area contributed by atoms with Crippen LogP contribution in [0.3, 0.4) is 0 Å². The Morgan fingerprint density at radius 2 is 2.16 bits per heavy atom. The first-order valence-electron chi connectivity index (χ1n) is 8.17. The van der Waals surface area contributed by atoms with Crippen LogP contribution >= 0.6 is 0 Å². The van der Waals surface area contributed by atoms with E-state index in [0.29, 0.717) is 0 Å². The van der Waals surface area contributed by atoms with E-state index in [1.54, 1.807) is 5.69 Å². The molecule has 0 saturated heterocycles. The van der Waals surface area contributed by atoms with E-state index in [-0.39, 0.29) is 0 Å². The van der Waals surface area contributed by atoms with Crippen LogP contribution in [0, 0.1) is 5.92 Å². The lowest BCUT2D eigenvalue weighted by atomic mass is 10.1. The second kappa shape index (κ2) is 4.62. The van der Waals surface area contributed by atoms with E-state index in [9.17, 15) is 0 Å². The Balaban J connectivity index is 1.71. The summed E-state index contributed by atoms with van der Waals surface area (Å²) < 4.78 is 2.69. The molecule has 3 aliphatic rings. The van der Waals surface area contributed by atoms with Gasteiger partial charge in [0, 0.05) is 37.2 Å². The number of hydrogen-bond acceptors (Lipinski definition) is 2. The Morgan fingerprint density at radius 1 is 1.32 bits per heavy atom. The second-order valence-electron chi connectivity index (χ2n) is 6.68. The Kier molecular flexibility index (Phi) is 2.91. The topological polar surface area (TPSA) is 29.9 Å². The summed E-state index contributed by atoms with van der Waals surface area (Å²) >= 11 is 0. The van der Waals surface area contributed by atoms with Crippen molar-refractivity contribution in [2.45, 2.75) is 70.4 Å². The molecule has 19 heavy (non-hydrogen) atoms. The first-order chi connectivity index (χ1) is 9.36. The highest BCUT2D eigenvalue weighted by atomic mass is 15.2. The lowest BCUT2D eigenvalue weighted by Gasteiger charge is -2.24. The normalized spacial score (nSPS) is 24.3. The van der Waals surface area contributed by atoms with Gasteiger partial charge in [-0.3, -0.25) is 0 Å². The fourth-order valence-corrected chi connectivity index (χ4v) is 3.58. The summed E-state index contributed by atoms with van der Waals surface area (Å²) in [6.45, 7) is 4.47. The van der Waals surface area contributed by atoms with Crippen LogP contribution < -0.4 is 5.32 Å². The molecule has 2 aliphatic carbocycles. The molecule has 0 bridgehead atoms. The molecule has 1 aliphatic heterocycles. The maximum absolute atomic E-state index is 5.01. The van der Waals surface area contributed by atoms with Crippen molar-refractivity contribution in [1.82, 2.24) is 14.9 Å². The van der Waals surface area contributed by atoms with Crippen LogP contribution in [-0.2, 0) is 13.0 Å². The summed E-state index contributed by atoms with van der Waals surface area (Å²) in [6, 6.07) is 0.720. The van der Waals surface area contributed by atoms with Gasteiger partial charge in [-0.1, -0.05) is 19.8 Å². The van der Waals surface area contributed by atoms with Crippen LogP contribution in [0.5, 0.6) is 0 Å². The van der Waals surface area contributed by atoms with Gasteiger partial charge < -0.3 is 9.88 Å². The lowest BCUT2D eigenvalue weighted by molar-refractivity contribution is 0.401. The van der Waals surface area contributed by atoms with Gasteiger partial charge in [0.2, 0.25) is 0 Å². The molecule has 1 unspecified atom stereocenters. The predicted octanol–water partition coefficient (Wildman–Crippen LogP) is 3.16. The zero-order valence-electron chi connectivity index (χ0n) is 12.0. The number of rotatable bonds is 5. The number of imidazole rings is 1. The Hall–Kier alpha value is -0.830. The lowest BCUT2D eigenvalue weighted by Crippen LogP contribution is -2.26. The first-order valence-corrected chi connectivity index (χ1v) is 8.17. The van der Waals surface area contributed by atoms with Crippen molar-refractivity contribution in [3.63, 3.8) is 0 Å². The molecule has 2 saturated carbocycles. The molecule has 104 valence electrons. The summed E-state index contributed by atoms with van der Waals surface area (Å²) in [5.74, 6) is 3.22. The minimum Gasteiger partial charge on any atom is -0.328 e. The van der Waals surface area contributed by atoms with Crippen LogP contribution in [0.4, 0.5) is 0 Å². The van der Waals surface area contributed by atoms with Gasteiger partial charge in [-0.05, 0) is 31.6 Å². The van der Waals surface area contributed by atoms with Gasteiger partial charge >= 0.3 is 0 Å². The summed E-state index contributed by atoms with van der Waals surface area (Å²) in [6.07, 6.45) is 9.50. The fourth-order valence-electron chi connectivity index (χ4n) is 3.58. The van der Waals surface area contributed by atoms with Gasteiger partial charge in [-0.2, -0.15) is 0 Å². The molecule has 0 spiro atoms. The highest BCUT2D eigenvalue weighted by molar-refractivity contribution is 5.25. The van der Waals surface area contributed by atoms with E-state index >= 15 is 0 Å². The van der Waals surface area contributed by atoms with Crippen LogP contribution in [-0.4, -0.2) is 16.1 Å². The van der Waals surface area contributed by atoms with Crippen molar-refractivity contribution in [3.8, 4) is 0 Å². The average Bonchev–Trinajstić information content (AvgIpc) is 3.34. The van der Waals surface area contributed by atoms with Gasteiger partial charge in [0.1, 0.15) is 5.82 Å². The van der Waals surface area contributed by atoms with E-state index in [2.05, 4.69) is 16.8 Å². The monoisotopic (exact) mass is 259 g/mol. The van der Waals surface area contributed by atoms with E-state index in [1.165, 1.54) is 56.5 Å². The molecule has 2 heterocycles. The van der Waals surface area contributed by atoms with Gasteiger partial charge in [0.15, 0.2) is 0 Å². The number of nitrogens with one attached hydrogen (secondary N) is 1. The van der Waals surface area contributed by atoms with E-state index in [0.717, 1.165) is 31.0 Å². The molecule has 1 N–H and O–H groups in total. The fraction of sp³-hybridized carbons (Fsp3) is 0.812. The zero-order chi connectivity index (χ0) is 12.8. The number of hydrogen-bond donors (Lipinski definition) is 1. The Labute approximate surface area is 115 Å². The first kappa shape index (κ1) is 12.0. The van der Waals surface area contributed by atoms with E-state index < -0.39 is 0 Å². The molecular weight excluding hydrogens is 234 g/mol. The van der Waals surface area contributed by atoms with Crippen molar-refractivity contribution < 1.29 is 0 Å². The van der Waals surface area contributed by atoms with Crippen LogP contribution in [0.25, 0.3) is 0 Å². The smallest absolute Gasteiger partial charge is 0.112 e. The minimum atomic E-state index is 0.720. The predicted molar refractivity (Wildman–Crippen MR) is 76.3 cm³/mol. The molecule has 0 amide bonds. The van der Waals surface area contributed by atoms with Gasteiger partial charge in [-0.15, -0.1) is 0 Å². The zero-order valence-corrected chi connectivity index (χ0v) is 12.0. The average molecular weight is 259 g/mol. The van der Waals surface area contributed by atoms with Crippen LogP contribution in [0.15, 0.2) is 0 Å². The Bertz CT molecular complexity index is 469. The van der Waals surface area contributed by atoms with Crippen molar-refractivity contribution in [2.24, 2.45) is 5.92 Å². The molecule has 4 rings (SSSR count). The standard InChI is InChI=1S/C16H25N3/c1-2-13(9-11-3-4-11)19-15-7-8-17-10-14(15)18-16(19)12-5-6-12/h11-13,17H,2-10H2,1H3. The van der Waals surface area contributed by atoms with E-state index in [4.69, 9.17) is 4.98 Å². The number of fused-ring (bicyclic) bond motifs is 1. The highest BCUT2D eigenvalue weighted by Crippen LogP contribution is 2.44. The number of aromatic nitrogens is 2. The summed E-state index contributed by atoms with van der Waals surface area (Å²) in [5.41, 5.74) is 2.91. The van der Waals surface area contributed by atoms with Crippen molar-refractivity contribution in [2.75, 3.05) is 6.54 Å². The Morgan fingerprint density at radius 3 is 2.84 bits per heavy atom. The third-order valence-corrected chi connectivity index (χ3v) is 5.03. The molecule has 2 fully saturated rings. The maximum atomic E-state index is 5.01. The van der Waals surface area contributed by atoms with Crippen LogP contribution in [0.1, 0.15) is 74.6 Å². The molecule has 1 aromatic rings. The SMILES string of the molecule is CCC(CC1CC1)n1c(C2CC2)nc2c1CCNC2. The van der Waals surface area contributed by atoms with E-state index in [1.807, 2.05) is 0 Å². The molecule has 0 aromatic carbocycles. The van der Waals surface area contributed by atoms with Gasteiger partial charge in [0.25, 0.3) is 0 Å². The number of nitrogens with zero attached hydrogens (tertiary/aromatic N) is 2. The molecule has 1 atom stereocenters. The molecule has 0 radical (unpaired) electrons. The summed E-state index contributed by atoms with van der Waals surface area (Å²) in [5, 5.41) is 3.48. The second-order valence-corrected chi connectivity index (χ2v) is 6.68. The largest absolute Gasteiger partial charge is 0.328 e. The minimum absolute atomic E-state index is 0.720. The van der Waals surface area contributed by atoms with Crippen molar-refractivity contribution >= 4 is 0 Å². The summed E-state index contributed by atoms with van der Waals surface area (Å²) in [7, 11) is 0. The van der Waals surface area contributed by atoms with Gasteiger partial charge in [0.05, 0.1) is 5.69 Å². The molecular formula is C16H25N3. The maximum Gasteiger partial charge on any atom is 0.112 e. The summed E-state index contributed by atoms with van der Waals surface area (Å²) in [4.78, 5) is 5.01. The molecule has 3 heteroatoms. The third-order valence-electron chi connectivity index (χ3n) is 5.03. The third kappa shape index (κ3) is 2.22. The van der Waals surface area contributed by atoms with Crippen molar-refractivity contribution in [3.05, 3.63) is 17.2 Å².